The Hall–Kier alpha value is -2.41. The van der Waals surface area contributed by atoms with E-state index in [9.17, 15) is 14.4 Å². The fraction of sp³-hybridized carbons (Fsp3) is 0.654. The van der Waals surface area contributed by atoms with E-state index in [2.05, 4.69) is 11.0 Å². The predicted molar refractivity (Wildman–Crippen MR) is 127 cm³/mol. The van der Waals surface area contributed by atoms with Gasteiger partial charge in [0.2, 0.25) is 17.7 Å². The van der Waals surface area contributed by atoms with Crippen molar-refractivity contribution in [3.05, 3.63) is 29.8 Å². The van der Waals surface area contributed by atoms with Crippen LogP contribution in [-0.2, 0) is 20.8 Å². The molecule has 0 aromatic heterocycles. The third-order valence-electron chi connectivity index (χ3n) is 8.06. The first-order valence-corrected chi connectivity index (χ1v) is 12.8. The maximum absolute atomic E-state index is 13.6. The van der Waals surface area contributed by atoms with Crippen LogP contribution >= 0.6 is 0 Å². The van der Waals surface area contributed by atoms with E-state index in [4.69, 9.17) is 0 Å². The lowest BCUT2D eigenvalue weighted by Crippen LogP contribution is -2.54. The van der Waals surface area contributed by atoms with E-state index in [1.807, 2.05) is 32.9 Å². The van der Waals surface area contributed by atoms with E-state index >= 15 is 0 Å². The number of para-hydroxylation sites is 1. The molecule has 178 valence electrons. The lowest BCUT2D eigenvalue weighted by molar-refractivity contribution is -0.144. The topological polar surface area (TPSA) is 64.2 Å². The summed E-state index contributed by atoms with van der Waals surface area (Å²) in [6.45, 7) is 5.71. The highest BCUT2D eigenvalue weighted by Crippen LogP contribution is 2.36. The molecule has 3 fully saturated rings. The summed E-state index contributed by atoms with van der Waals surface area (Å²) in [5.74, 6) is 0.0685. The molecule has 1 aromatic carbocycles. The minimum absolute atomic E-state index is 0.132. The van der Waals surface area contributed by atoms with Crippen molar-refractivity contribution in [2.45, 2.75) is 44.9 Å². The van der Waals surface area contributed by atoms with Crippen LogP contribution in [0, 0.1) is 11.8 Å². The molecule has 0 bridgehead atoms. The van der Waals surface area contributed by atoms with Crippen molar-refractivity contribution < 1.29 is 14.4 Å². The summed E-state index contributed by atoms with van der Waals surface area (Å²) in [4.78, 5) is 47.6. The van der Waals surface area contributed by atoms with Crippen LogP contribution in [-0.4, -0.2) is 84.8 Å². The molecular weight excluding hydrogens is 416 g/mol. The molecule has 3 aliphatic heterocycles. The first kappa shape index (κ1) is 22.4. The molecule has 0 spiro atoms. The van der Waals surface area contributed by atoms with Crippen LogP contribution in [0.2, 0.25) is 0 Å². The molecule has 33 heavy (non-hydrogen) atoms. The first-order chi connectivity index (χ1) is 16.1. The molecule has 7 nitrogen and oxygen atoms in total. The predicted octanol–water partition coefficient (Wildman–Crippen LogP) is 2.15. The summed E-state index contributed by atoms with van der Waals surface area (Å²) in [6, 6.07) is 8.14. The molecule has 1 aromatic rings. The monoisotopic (exact) mass is 452 g/mol. The van der Waals surface area contributed by atoms with Gasteiger partial charge in [-0.25, -0.2) is 0 Å². The average Bonchev–Trinajstić information content (AvgIpc) is 3.54. The van der Waals surface area contributed by atoms with Gasteiger partial charge in [0, 0.05) is 57.4 Å². The van der Waals surface area contributed by atoms with Gasteiger partial charge >= 0.3 is 0 Å². The molecule has 7 heteroatoms. The van der Waals surface area contributed by atoms with Gasteiger partial charge in [0.15, 0.2) is 0 Å². The maximum Gasteiger partial charge on any atom is 0.236 e. The number of anilines is 1. The Bertz CT molecular complexity index is 889. The fourth-order valence-electron chi connectivity index (χ4n) is 6.11. The largest absolute Gasteiger partial charge is 0.342 e. The van der Waals surface area contributed by atoms with Crippen LogP contribution in [0.5, 0.6) is 0 Å². The second kappa shape index (κ2) is 9.84. The zero-order chi connectivity index (χ0) is 22.8. The third kappa shape index (κ3) is 4.65. The van der Waals surface area contributed by atoms with Gasteiger partial charge in [-0.2, -0.15) is 0 Å². The minimum Gasteiger partial charge on any atom is -0.342 e. The van der Waals surface area contributed by atoms with E-state index < -0.39 is 0 Å². The average molecular weight is 453 g/mol. The zero-order valence-electron chi connectivity index (χ0n) is 19.6. The molecule has 2 atom stereocenters. The number of hydrogen-bond acceptors (Lipinski definition) is 4. The number of likely N-dealkylation sites (tertiary alicyclic amines) is 1. The number of benzene rings is 1. The SMILES string of the molecule is O=C(CN1CCN(C(=O)C2CCCCC2C(=O)N2CCc3ccccc32)CC1)N1CCCC1. The number of hydrogen-bond donors (Lipinski definition) is 0. The molecule has 1 aliphatic carbocycles. The van der Waals surface area contributed by atoms with Gasteiger partial charge in [0.05, 0.1) is 12.5 Å². The van der Waals surface area contributed by atoms with Crippen molar-refractivity contribution in [3.8, 4) is 0 Å². The second-order valence-corrected chi connectivity index (χ2v) is 10.1. The Morgan fingerprint density at radius 2 is 1.39 bits per heavy atom. The van der Waals surface area contributed by atoms with E-state index in [0.29, 0.717) is 19.6 Å². The van der Waals surface area contributed by atoms with E-state index in [0.717, 1.165) is 83.4 Å². The van der Waals surface area contributed by atoms with Gasteiger partial charge in [-0.15, -0.1) is 0 Å². The fourth-order valence-corrected chi connectivity index (χ4v) is 6.11. The van der Waals surface area contributed by atoms with Crippen molar-refractivity contribution in [2.75, 3.05) is 57.3 Å². The van der Waals surface area contributed by atoms with Gasteiger partial charge in [0.1, 0.15) is 0 Å². The van der Waals surface area contributed by atoms with Crippen molar-refractivity contribution in [1.29, 1.82) is 0 Å². The summed E-state index contributed by atoms with van der Waals surface area (Å²) in [6.07, 6.45) is 6.75. The summed E-state index contributed by atoms with van der Waals surface area (Å²) >= 11 is 0. The van der Waals surface area contributed by atoms with Gasteiger partial charge < -0.3 is 14.7 Å². The van der Waals surface area contributed by atoms with Crippen LogP contribution in [0.1, 0.15) is 44.1 Å². The lowest BCUT2D eigenvalue weighted by Gasteiger charge is -2.39. The smallest absolute Gasteiger partial charge is 0.236 e. The van der Waals surface area contributed by atoms with Crippen LogP contribution in [0.3, 0.4) is 0 Å². The van der Waals surface area contributed by atoms with Crippen LogP contribution in [0.4, 0.5) is 5.69 Å². The minimum atomic E-state index is -0.216. The zero-order valence-corrected chi connectivity index (χ0v) is 19.6. The Kier molecular flexibility index (Phi) is 6.67. The quantitative estimate of drug-likeness (QED) is 0.702. The van der Waals surface area contributed by atoms with Gasteiger partial charge in [-0.1, -0.05) is 31.0 Å². The molecule has 3 heterocycles. The van der Waals surface area contributed by atoms with Gasteiger partial charge in [-0.3, -0.25) is 19.3 Å². The summed E-state index contributed by atoms with van der Waals surface area (Å²) in [5, 5.41) is 0. The number of nitrogens with zero attached hydrogens (tertiary/aromatic N) is 4. The Balaban J connectivity index is 1.19. The van der Waals surface area contributed by atoms with E-state index in [-0.39, 0.29) is 29.6 Å². The van der Waals surface area contributed by atoms with Crippen molar-refractivity contribution in [2.24, 2.45) is 11.8 Å². The highest BCUT2D eigenvalue weighted by atomic mass is 16.2. The maximum atomic E-state index is 13.6. The molecule has 2 unspecified atom stereocenters. The molecule has 2 saturated heterocycles. The van der Waals surface area contributed by atoms with Gasteiger partial charge in [0.25, 0.3) is 0 Å². The Morgan fingerprint density at radius 3 is 2.12 bits per heavy atom. The number of piperazine rings is 1. The van der Waals surface area contributed by atoms with E-state index in [1.54, 1.807) is 0 Å². The number of rotatable bonds is 4. The van der Waals surface area contributed by atoms with Crippen molar-refractivity contribution >= 4 is 23.4 Å². The molecule has 5 rings (SSSR count). The number of amides is 3. The second-order valence-electron chi connectivity index (χ2n) is 10.1. The number of fused-ring (bicyclic) bond motifs is 1. The normalized spacial score (nSPS) is 25.9. The highest BCUT2D eigenvalue weighted by molar-refractivity contribution is 5.99. The highest BCUT2D eigenvalue weighted by Gasteiger charge is 2.41. The molecule has 4 aliphatic rings. The molecular formula is C26H36N4O3. The summed E-state index contributed by atoms with van der Waals surface area (Å²) in [5.41, 5.74) is 2.25. The van der Waals surface area contributed by atoms with E-state index in [1.165, 1.54) is 5.56 Å². The molecule has 1 saturated carbocycles. The third-order valence-corrected chi connectivity index (χ3v) is 8.06. The lowest BCUT2D eigenvalue weighted by atomic mass is 9.77. The molecule has 3 amide bonds. The summed E-state index contributed by atoms with van der Waals surface area (Å²) < 4.78 is 0. The molecule has 0 N–H and O–H groups in total. The van der Waals surface area contributed by atoms with Crippen LogP contribution in [0.25, 0.3) is 0 Å². The van der Waals surface area contributed by atoms with Crippen LogP contribution < -0.4 is 4.90 Å². The van der Waals surface area contributed by atoms with Crippen LogP contribution in [0.15, 0.2) is 24.3 Å². The van der Waals surface area contributed by atoms with Crippen molar-refractivity contribution in [3.63, 3.8) is 0 Å². The summed E-state index contributed by atoms with van der Waals surface area (Å²) in [7, 11) is 0. The molecule has 0 radical (unpaired) electrons. The Labute approximate surface area is 196 Å². The Morgan fingerprint density at radius 1 is 0.727 bits per heavy atom. The number of carbonyl (C=O) groups is 3. The standard InChI is InChI=1S/C26H36N4O3/c31-24(28-12-5-6-13-28)19-27-15-17-29(18-16-27)25(32)21-8-2-3-9-22(21)26(33)30-14-11-20-7-1-4-10-23(20)30/h1,4,7,10,21-22H,2-3,5-6,8-9,11-19H2. The number of carbonyl (C=O) groups excluding carboxylic acids is 3. The van der Waals surface area contributed by atoms with Crippen molar-refractivity contribution in [1.82, 2.24) is 14.7 Å². The first-order valence-electron chi connectivity index (χ1n) is 12.8. The van der Waals surface area contributed by atoms with Gasteiger partial charge in [-0.05, 0) is 43.7 Å².